The Morgan fingerprint density at radius 1 is 1.20 bits per heavy atom. The van der Waals surface area contributed by atoms with Crippen LogP contribution in [0.2, 0.25) is 0 Å². The molecule has 6 nitrogen and oxygen atoms in total. The van der Waals surface area contributed by atoms with Crippen molar-refractivity contribution in [2.75, 3.05) is 25.6 Å². The topological polar surface area (TPSA) is 67.9 Å². The van der Waals surface area contributed by atoms with Crippen LogP contribution in [-0.2, 0) is 22.6 Å². The van der Waals surface area contributed by atoms with Gasteiger partial charge in [0.2, 0.25) is 11.8 Å². The minimum atomic E-state index is -0.0596. The van der Waals surface area contributed by atoms with E-state index in [-0.39, 0.29) is 17.7 Å². The summed E-state index contributed by atoms with van der Waals surface area (Å²) in [5, 5.41) is 2.94. The SMILES string of the molecule is COc1ccc(C)cc1NC(=O)CCc1ccc2c(c1)CN(C(=O)C1CC1)CCO2. The highest BCUT2D eigenvalue weighted by Crippen LogP contribution is 2.33. The largest absolute Gasteiger partial charge is 0.495 e. The molecule has 2 aromatic carbocycles. The lowest BCUT2D eigenvalue weighted by molar-refractivity contribution is -0.133. The highest BCUT2D eigenvalue weighted by Gasteiger charge is 2.34. The highest BCUT2D eigenvalue weighted by atomic mass is 16.5. The molecule has 2 amide bonds. The van der Waals surface area contributed by atoms with Crippen LogP contribution < -0.4 is 14.8 Å². The van der Waals surface area contributed by atoms with Crippen molar-refractivity contribution < 1.29 is 19.1 Å². The molecular weight excluding hydrogens is 380 g/mol. The van der Waals surface area contributed by atoms with Gasteiger partial charge in [0.15, 0.2) is 0 Å². The number of aryl methyl sites for hydroxylation is 2. The molecule has 158 valence electrons. The van der Waals surface area contributed by atoms with Gasteiger partial charge in [0, 0.05) is 24.4 Å². The summed E-state index contributed by atoms with van der Waals surface area (Å²) < 4.78 is 11.2. The Balaban J connectivity index is 1.39. The molecule has 30 heavy (non-hydrogen) atoms. The molecule has 0 bridgehead atoms. The van der Waals surface area contributed by atoms with Crippen molar-refractivity contribution >= 4 is 17.5 Å². The first-order valence-corrected chi connectivity index (χ1v) is 10.5. The van der Waals surface area contributed by atoms with Crippen LogP contribution in [0, 0.1) is 12.8 Å². The molecule has 2 aliphatic rings. The third-order valence-corrected chi connectivity index (χ3v) is 5.61. The number of rotatable bonds is 6. The fraction of sp³-hybridized carbons (Fsp3) is 0.417. The van der Waals surface area contributed by atoms with E-state index in [1.165, 1.54) is 0 Å². The van der Waals surface area contributed by atoms with Crippen LogP contribution in [0.15, 0.2) is 36.4 Å². The van der Waals surface area contributed by atoms with Crippen molar-refractivity contribution in [1.82, 2.24) is 4.90 Å². The van der Waals surface area contributed by atoms with E-state index >= 15 is 0 Å². The maximum atomic E-state index is 12.5. The second-order valence-corrected chi connectivity index (χ2v) is 8.08. The minimum Gasteiger partial charge on any atom is -0.495 e. The zero-order valence-electron chi connectivity index (χ0n) is 17.6. The van der Waals surface area contributed by atoms with Gasteiger partial charge in [-0.15, -0.1) is 0 Å². The monoisotopic (exact) mass is 408 g/mol. The zero-order chi connectivity index (χ0) is 21.1. The molecule has 1 aliphatic carbocycles. The summed E-state index contributed by atoms with van der Waals surface area (Å²) in [5.74, 6) is 1.87. The van der Waals surface area contributed by atoms with E-state index in [9.17, 15) is 9.59 Å². The van der Waals surface area contributed by atoms with Gasteiger partial charge in [-0.2, -0.15) is 0 Å². The Morgan fingerprint density at radius 2 is 2.03 bits per heavy atom. The average molecular weight is 408 g/mol. The molecular formula is C24H28N2O4. The summed E-state index contributed by atoms with van der Waals surface area (Å²) in [6.07, 6.45) is 2.99. The van der Waals surface area contributed by atoms with Gasteiger partial charge in [0.05, 0.1) is 19.3 Å². The number of carbonyl (C=O) groups is 2. The standard InChI is InChI=1S/C24H28N2O4/c1-16-3-8-22(29-2)20(13-16)25-23(27)10-5-17-4-9-21-19(14-17)15-26(11-12-30-21)24(28)18-6-7-18/h3-4,8-9,13-14,18H,5-7,10-12,15H2,1-2H3,(H,25,27). The van der Waals surface area contributed by atoms with E-state index in [4.69, 9.17) is 9.47 Å². The lowest BCUT2D eigenvalue weighted by atomic mass is 10.0. The van der Waals surface area contributed by atoms with Gasteiger partial charge in [0.1, 0.15) is 18.1 Å². The molecule has 0 atom stereocenters. The van der Waals surface area contributed by atoms with Gasteiger partial charge in [-0.1, -0.05) is 18.2 Å². The quantitative estimate of drug-likeness (QED) is 0.791. The van der Waals surface area contributed by atoms with Crippen LogP contribution in [0.5, 0.6) is 11.5 Å². The van der Waals surface area contributed by atoms with Crippen molar-refractivity contribution in [1.29, 1.82) is 0 Å². The van der Waals surface area contributed by atoms with Crippen LogP contribution in [-0.4, -0.2) is 37.0 Å². The van der Waals surface area contributed by atoms with Gasteiger partial charge >= 0.3 is 0 Å². The summed E-state index contributed by atoms with van der Waals surface area (Å²) in [6, 6.07) is 11.7. The first kappa shape index (κ1) is 20.3. The predicted molar refractivity (Wildman–Crippen MR) is 115 cm³/mol. The van der Waals surface area contributed by atoms with Crippen molar-refractivity contribution in [3.63, 3.8) is 0 Å². The lowest BCUT2D eigenvalue weighted by Gasteiger charge is -2.19. The molecule has 0 radical (unpaired) electrons. The maximum absolute atomic E-state index is 12.5. The summed E-state index contributed by atoms with van der Waals surface area (Å²) in [6.45, 7) is 3.70. The van der Waals surface area contributed by atoms with Gasteiger partial charge in [-0.05, 0) is 55.5 Å². The number of hydrogen-bond acceptors (Lipinski definition) is 4. The first-order valence-electron chi connectivity index (χ1n) is 10.5. The molecule has 2 aromatic rings. The van der Waals surface area contributed by atoms with Crippen LogP contribution >= 0.6 is 0 Å². The maximum Gasteiger partial charge on any atom is 0.226 e. The number of ether oxygens (including phenoxy) is 2. The molecule has 0 saturated heterocycles. The highest BCUT2D eigenvalue weighted by molar-refractivity contribution is 5.92. The Kier molecular flexibility index (Phi) is 5.93. The van der Waals surface area contributed by atoms with Gasteiger partial charge in [0.25, 0.3) is 0 Å². The average Bonchev–Trinajstić information content (AvgIpc) is 3.58. The first-order chi connectivity index (χ1) is 14.5. The van der Waals surface area contributed by atoms with Gasteiger partial charge < -0.3 is 19.7 Å². The van der Waals surface area contributed by atoms with Crippen LogP contribution in [0.1, 0.15) is 36.0 Å². The van der Waals surface area contributed by atoms with Crippen molar-refractivity contribution in [2.45, 2.75) is 39.2 Å². The third-order valence-electron chi connectivity index (χ3n) is 5.61. The van der Waals surface area contributed by atoms with Crippen molar-refractivity contribution in [3.8, 4) is 11.5 Å². The van der Waals surface area contributed by atoms with E-state index in [0.717, 1.165) is 35.3 Å². The lowest BCUT2D eigenvalue weighted by Crippen LogP contribution is -2.33. The molecule has 0 unspecified atom stereocenters. The molecule has 1 saturated carbocycles. The van der Waals surface area contributed by atoms with Crippen LogP contribution in [0.25, 0.3) is 0 Å². The molecule has 0 spiro atoms. The van der Waals surface area contributed by atoms with E-state index < -0.39 is 0 Å². The van der Waals surface area contributed by atoms with Crippen molar-refractivity contribution in [2.24, 2.45) is 5.92 Å². The number of fused-ring (bicyclic) bond motifs is 1. The number of nitrogens with one attached hydrogen (secondary N) is 1. The van der Waals surface area contributed by atoms with E-state index in [2.05, 4.69) is 11.4 Å². The number of amides is 2. The number of nitrogens with zero attached hydrogens (tertiary/aromatic N) is 1. The molecule has 0 aromatic heterocycles. The number of benzene rings is 2. The normalized spacial score (nSPS) is 15.6. The summed E-state index contributed by atoms with van der Waals surface area (Å²) in [4.78, 5) is 26.9. The fourth-order valence-corrected chi connectivity index (χ4v) is 3.77. The second-order valence-electron chi connectivity index (χ2n) is 8.08. The number of methoxy groups -OCH3 is 1. The third kappa shape index (κ3) is 4.75. The van der Waals surface area contributed by atoms with Gasteiger partial charge in [-0.3, -0.25) is 9.59 Å². The molecule has 1 fully saturated rings. The molecule has 1 aliphatic heterocycles. The molecule has 6 heteroatoms. The number of hydrogen-bond donors (Lipinski definition) is 1. The molecule has 1 heterocycles. The van der Waals surface area contributed by atoms with E-state index in [1.54, 1.807) is 7.11 Å². The summed E-state index contributed by atoms with van der Waals surface area (Å²) >= 11 is 0. The molecule has 1 N–H and O–H groups in total. The van der Waals surface area contributed by atoms with Crippen LogP contribution in [0.4, 0.5) is 5.69 Å². The zero-order valence-corrected chi connectivity index (χ0v) is 17.6. The summed E-state index contributed by atoms with van der Waals surface area (Å²) in [7, 11) is 1.59. The smallest absolute Gasteiger partial charge is 0.226 e. The minimum absolute atomic E-state index is 0.0596. The Hall–Kier alpha value is -3.02. The van der Waals surface area contributed by atoms with Gasteiger partial charge in [-0.25, -0.2) is 0 Å². The van der Waals surface area contributed by atoms with Crippen LogP contribution in [0.3, 0.4) is 0 Å². The Bertz CT molecular complexity index is 952. The predicted octanol–water partition coefficient (Wildman–Crippen LogP) is 3.71. The molecule has 4 rings (SSSR count). The number of anilines is 1. The van der Waals surface area contributed by atoms with Crippen molar-refractivity contribution in [3.05, 3.63) is 53.1 Å². The summed E-state index contributed by atoms with van der Waals surface area (Å²) in [5.41, 5.74) is 3.82. The fourth-order valence-electron chi connectivity index (χ4n) is 3.77. The Labute approximate surface area is 177 Å². The Morgan fingerprint density at radius 3 is 2.80 bits per heavy atom. The second kappa shape index (κ2) is 8.78. The number of carbonyl (C=O) groups excluding carboxylic acids is 2. The van der Waals surface area contributed by atoms with E-state index in [0.29, 0.717) is 44.0 Å². The van der Waals surface area contributed by atoms with E-state index in [1.807, 2.05) is 42.2 Å².